The zero-order valence-corrected chi connectivity index (χ0v) is 9.37. The molecule has 0 heterocycles. The van der Waals surface area contributed by atoms with E-state index < -0.39 is 0 Å². The number of fused-ring (bicyclic) bond motifs is 2. The Hall–Kier alpha value is -0.0800. The van der Waals surface area contributed by atoms with Crippen LogP contribution in [0.25, 0.3) is 0 Å². The maximum atomic E-state index is 8.97. The molecule has 3 N–H and O–H groups in total. The fourth-order valence-corrected chi connectivity index (χ4v) is 3.71. The summed E-state index contributed by atoms with van der Waals surface area (Å²) in [6.07, 6.45) is 5.16. The van der Waals surface area contributed by atoms with E-state index in [0.717, 1.165) is 24.2 Å². The van der Waals surface area contributed by atoms with Crippen molar-refractivity contribution >= 4 is 0 Å². The van der Waals surface area contributed by atoms with E-state index in [1.807, 2.05) is 0 Å². The molecular weight excluding hydrogens is 174 g/mol. The average Bonchev–Trinajstić information content (AvgIpc) is 2.17. The Morgan fingerprint density at radius 2 is 2.14 bits per heavy atom. The van der Waals surface area contributed by atoms with E-state index in [1.54, 1.807) is 0 Å². The fraction of sp³-hybridized carbons (Fsp3) is 1.00. The molecule has 0 aromatic carbocycles. The summed E-state index contributed by atoms with van der Waals surface area (Å²) in [7, 11) is 0. The van der Waals surface area contributed by atoms with E-state index in [2.05, 4.69) is 13.8 Å². The first-order valence-corrected chi connectivity index (χ1v) is 5.92. The summed E-state index contributed by atoms with van der Waals surface area (Å²) in [5.74, 6) is 2.62. The van der Waals surface area contributed by atoms with Gasteiger partial charge in [-0.1, -0.05) is 13.8 Å². The summed E-state index contributed by atoms with van der Waals surface area (Å²) in [6.45, 7) is 4.96. The smallest absolute Gasteiger partial charge is 0.0582 e. The monoisotopic (exact) mass is 197 g/mol. The van der Waals surface area contributed by atoms with Gasteiger partial charge in [0.2, 0.25) is 0 Å². The third-order valence-corrected chi connectivity index (χ3v) is 4.84. The molecule has 3 rings (SSSR count). The zero-order valence-electron chi connectivity index (χ0n) is 9.37. The van der Waals surface area contributed by atoms with Gasteiger partial charge >= 0.3 is 0 Å². The number of hydrogen-bond donors (Lipinski definition) is 2. The molecule has 0 radical (unpaired) electrons. The molecule has 2 heteroatoms. The molecule has 3 saturated carbocycles. The van der Waals surface area contributed by atoms with Crippen molar-refractivity contribution in [2.75, 3.05) is 6.61 Å². The minimum atomic E-state index is 0.00736. The predicted octanol–water partition coefficient (Wildman–Crippen LogP) is 1.77. The van der Waals surface area contributed by atoms with Crippen molar-refractivity contribution in [2.45, 2.75) is 45.6 Å². The van der Waals surface area contributed by atoms with Crippen LogP contribution in [0.15, 0.2) is 0 Å². The Labute approximate surface area is 86.9 Å². The molecule has 0 amide bonds. The second-order valence-corrected chi connectivity index (χ2v) is 5.88. The van der Waals surface area contributed by atoms with Gasteiger partial charge in [0.25, 0.3) is 0 Å². The molecule has 0 aromatic heterocycles. The lowest BCUT2D eigenvalue weighted by Crippen LogP contribution is -2.53. The van der Waals surface area contributed by atoms with Crippen LogP contribution in [0, 0.1) is 23.2 Å². The Morgan fingerprint density at radius 3 is 2.64 bits per heavy atom. The minimum Gasteiger partial charge on any atom is -0.395 e. The lowest BCUT2D eigenvalue weighted by atomic mass is 9.45. The third kappa shape index (κ3) is 1.49. The topological polar surface area (TPSA) is 46.2 Å². The molecular formula is C12H23NO. The molecule has 0 aromatic rings. The lowest BCUT2D eigenvalue weighted by Gasteiger charge is -2.60. The predicted molar refractivity (Wildman–Crippen MR) is 57.8 cm³/mol. The maximum Gasteiger partial charge on any atom is 0.0582 e. The molecule has 0 spiro atoms. The van der Waals surface area contributed by atoms with Crippen LogP contribution in [0.1, 0.15) is 39.5 Å². The maximum absolute atomic E-state index is 8.97. The summed E-state index contributed by atoms with van der Waals surface area (Å²) < 4.78 is 0. The summed E-state index contributed by atoms with van der Waals surface area (Å²) in [5, 5.41) is 8.97. The molecule has 0 saturated heterocycles. The van der Waals surface area contributed by atoms with E-state index in [1.165, 1.54) is 19.3 Å². The minimum absolute atomic E-state index is 0.00736. The first-order chi connectivity index (χ1) is 6.55. The Morgan fingerprint density at radius 1 is 1.43 bits per heavy atom. The van der Waals surface area contributed by atoms with Crippen molar-refractivity contribution in [1.82, 2.24) is 0 Å². The van der Waals surface area contributed by atoms with Crippen LogP contribution < -0.4 is 5.73 Å². The highest BCUT2D eigenvalue weighted by Gasteiger charge is 2.53. The van der Waals surface area contributed by atoms with Crippen molar-refractivity contribution in [3.05, 3.63) is 0 Å². The van der Waals surface area contributed by atoms with Crippen LogP contribution in [0.4, 0.5) is 0 Å². The highest BCUT2D eigenvalue weighted by atomic mass is 16.3. The van der Waals surface area contributed by atoms with E-state index in [-0.39, 0.29) is 12.6 Å². The summed E-state index contributed by atoms with van der Waals surface area (Å²) in [5.41, 5.74) is 6.38. The van der Waals surface area contributed by atoms with Crippen molar-refractivity contribution < 1.29 is 5.11 Å². The van der Waals surface area contributed by atoms with E-state index in [4.69, 9.17) is 10.8 Å². The molecule has 0 aliphatic heterocycles. The van der Waals surface area contributed by atoms with Gasteiger partial charge in [0.1, 0.15) is 0 Å². The van der Waals surface area contributed by atoms with E-state index in [9.17, 15) is 0 Å². The van der Waals surface area contributed by atoms with Gasteiger partial charge in [0, 0.05) is 6.04 Å². The van der Waals surface area contributed by atoms with Crippen molar-refractivity contribution in [3.63, 3.8) is 0 Å². The van der Waals surface area contributed by atoms with E-state index in [0.29, 0.717) is 5.41 Å². The van der Waals surface area contributed by atoms with Gasteiger partial charge in [-0.25, -0.2) is 0 Å². The van der Waals surface area contributed by atoms with Crippen LogP contribution in [-0.2, 0) is 0 Å². The lowest BCUT2D eigenvalue weighted by molar-refractivity contribution is -0.108. The number of hydrogen-bond acceptors (Lipinski definition) is 2. The standard InChI is InChI=1S/C12H23NO/c1-12(2)9-4-3-8(11(12)6-9)5-10(13)7-14/h8-11,14H,3-7,13H2,1-2H3. The normalized spacial score (nSPS) is 41.6. The molecule has 3 fully saturated rings. The number of aliphatic hydroxyl groups excluding tert-OH is 1. The van der Waals surface area contributed by atoms with Crippen molar-refractivity contribution in [2.24, 2.45) is 28.9 Å². The Kier molecular flexibility index (Phi) is 2.61. The van der Waals surface area contributed by atoms with Gasteiger partial charge in [-0.05, 0) is 48.9 Å². The molecule has 4 unspecified atom stereocenters. The molecule has 82 valence electrons. The summed E-state index contributed by atoms with van der Waals surface area (Å²) in [6, 6.07) is 0.00736. The van der Waals surface area contributed by atoms with Gasteiger partial charge < -0.3 is 10.8 Å². The second kappa shape index (κ2) is 3.49. The SMILES string of the molecule is CC1(C)C2CCC(CC(N)CO)C1C2. The third-order valence-electron chi connectivity index (χ3n) is 4.84. The average molecular weight is 197 g/mol. The van der Waals surface area contributed by atoms with E-state index >= 15 is 0 Å². The number of aliphatic hydroxyl groups is 1. The van der Waals surface area contributed by atoms with Gasteiger partial charge in [0.05, 0.1) is 6.61 Å². The van der Waals surface area contributed by atoms with Gasteiger partial charge in [-0.3, -0.25) is 0 Å². The molecule has 4 atom stereocenters. The highest BCUT2D eigenvalue weighted by molar-refractivity contribution is 5.03. The first-order valence-electron chi connectivity index (χ1n) is 5.92. The van der Waals surface area contributed by atoms with Crippen molar-refractivity contribution in [1.29, 1.82) is 0 Å². The van der Waals surface area contributed by atoms with Gasteiger partial charge in [-0.2, -0.15) is 0 Å². The Balaban J connectivity index is 1.94. The fourth-order valence-electron chi connectivity index (χ4n) is 3.71. The molecule has 3 aliphatic carbocycles. The Bertz CT molecular complexity index is 212. The zero-order chi connectivity index (χ0) is 10.3. The second-order valence-electron chi connectivity index (χ2n) is 5.88. The molecule has 14 heavy (non-hydrogen) atoms. The van der Waals surface area contributed by atoms with Crippen LogP contribution in [0.5, 0.6) is 0 Å². The van der Waals surface area contributed by atoms with Crippen molar-refractivity contribution in [3.8, 4) is 0 Å². The molecule has 2 bridgehead atoms. The number of nitrogens with two attached hydrogens (primary N) is 1. The van der Waals surface area contributed by atoms with Crippen LogP contribution in [-0.4, -0.2) is 17.8 Å². The largest absolute Gasteiger partial charge is 0.395 e. The highest BCUT2D eigenvalue weighted by Crippen LogP contribution is 2.62. The van der Waals surface area contributed by atoms with Crippen LogP contribution >= 0.6 is 0 Å². The molecule has 2 nitrogen and oxygen atoms in total. The summed E-state index contributed by atoms with van der Waals surface area (Å²) in [4.78, 5) is 0. The number of rotatable bonds is 3. The quantitative estimate of drug-likeness (QED) is 0.724. The first kappa shape index (κ1) is 10.4. The van der Waals surface area contributed by atoms with Gasteiger partial charge in [0.15, 0.2) is 0 Å². The molecule has 3 aliphatic rings. The van der Waals surface area contributed by atoms with Crippen LogP contribution in [0.2, 0.25) is 0 Å². The summed E-state index contributed by atoms with van der Waals surface area (Å²) >= 11 is 0. The van der Waals surface area contributed by atoms with Gasteiger partial charge in [-0.15, -0.1) is 0 Å². The van der Waals surface area contributed by atoms with Crippen LogP contribution in [0.3, 0.4) is 0 Å².